The highest BCUT2D eigenvalue weighted by Gasteiger charge is 2.17. The second kappa shape index (κ2) is 7.53. The Hall–Kier alpha value is -1.23. The molecule has 2 N–H and O–H groups in total. The normalized spacial score (nSPS) is 14.4. The van der Waals surface area contributed by atoms with E-state index >= 15 is 0 Å². The van der Waals surface area contributed by atoms with E-state index < -0.39 is 20.6 Å². The smallest absolute Gasteiger partial charge is 0.179 e. The fourth-order valence-electron chi connectivity index (χ4n) is 1.52. The van der Waals surface area contributed by atoms with Gasteiger partial charge in [-0.3, -0.25) is 4.21 Å². The molecule has 2 atom stereocenters. The van der Waals surface area contributed by atoms with Gasteiger partial charge in [-0.15, -0.1) is 0 Å². The number of rotatable bonds is 7. The fraction of sp³-hybridized carbons (Fsp3) is 0.462. The summed E-state index contributed by atoms with van der Waals surface area (Å²) in [6.45, 7) is 1.89. The third kappa shape index (κ3) is 5.04. The van der Waals surface area contributed by atoms with Crippen molar-refractivity contribution >= 4 is 20.6 Å². The van der Waals surface area contributed by atoms with Crippen LogP contribution in [0.15, 0.2) is 29.2 Å². The first-order chi connectivity index (χ1) is 9.39. The van der Waals surface area contributed by atoms with E-state index in [4.69, 9.17) is 11.0 Å². The van der Waals surface area contributed by atoms with E-state index in [2.05, 4.69) is 0 Å². The first-order valence-electron chi connectivity index (χ1n) is 6.22. The maximum atomic E-state index is 12.1. The molecule has 0 spiro atoms. The minimum absolute atomic E-state index is 0.0623. The molecular formula is C13H18N2O3S2. The van der Waals surface area contributed by atoms with Gasteiger partial charge in [0.1, 0.15) is 0 Å². The van der Waals surface area contributed by atoms with E-state index in [-0.39, 0.29) is 22.4 Å². The third-order valence-electron chi connectivity index (χ3n) is 2.83. The summed E-state index contributed by atoms with van der Waals surface area (Å²) in [5.41, 5.74) is 5.98. The number of nitriles is 1. The van der Waals surface area contributed by atoms with Crippen molar-refractivity contribution in [2.45, 2.75) is 24.3 Å². The molecule has 0 radical (unpaired) electrons. The van der Waals surface area contributed by atoms with E-state index in [0.29, 0.717) is 17.7 Å². The van der Waals surface area contributed by atoms with Crippen LogP contribution in [0.25, 0.3) is 0 Å². The predicted octanol–water partition coefficient (Wildman–Crippen LogP) is 0.818. The summed E-state index contributed by atoms with van der Waals surface area (Å²) in [6, 6.07) is 7.56. The molecule has 2 unspecified atom stereocenters. The molecule has 1 aromatic rings. The highest BCUT2D eigenvalue weighted by molar-refractivity contribution is 7.93. The quantitative estimate of drug-likeness (QED) is 0.803. The van der Waals surface area contributed by atoms with Gasteiger partial charge < -0.3 is 5.73 Å². The van der Waals surface area contributed by atoms with Crippen LogP contribution in [0.5, 0.6) is 0 Å². The largest absolute Gasteiger partial charge is 0.327 e. The molecule has 1 aromatic carbocycles. The van der Waals surface area contributed by atoms with Crippen LogP contribution in [0.3, 0.4) is 0 Å². The predicted molar refractivity (Wildman–Crippen MR) is 79.4 cm³/mol. The number of sulfone groups is 1. The lowest BCUT2D eigenvalue weighted by Crippen LogP contribution is -2.28. The van der Waals surface area contributed by atoms with Gasteiger partial charge in [-0.1, -0.05) is 13.0 Å². The molecule has 5 nitrogen and oxygen atoms in total. The Balaban J connectivity index is 2.71. The van der Waals surface area contributed by atoms with E-state index in [1.54, 1.807) is 0 Å². The summed E-state index contributed by atoms with van der Waals surface area (Å²) >= 11 is 0. The summed E-state index contributed by atoms with van der Waals surface area (Å²) in [4.78, 5) is 0.0911. The zero-order valence-corrected chi connectivity index (χ0v) is 12.9. The third-order valence-corrected chi connectivity index (χ3v) is 6.26. The van der Waals surface area contributed by atoms with Crippen LogP contribution < -0.4 is 5.73 Å². The summed E-state index contributed by atoms with van der Waals surface area (Å²) in [5.74, 6) is 0.169. The van der Waals surface area contributed by atoms with Gasteiger partial charge in [0.05, 0.1) is 22.3 Å². The zero-order chi connectivity index (χ0) is 15.2. The van der Waals surface area contributed by atoms with E-state index in [1.807, 2.05) is 13.0 Å². The van der Waals surface area contributed by atoms with Crippen LogP contribution in [-0.4, -0.2) is 35.9 Å². The topological polar surface area (TPSA) is 101 Å². The van der Waals surface area contributed by atoms with Crippen LogP contribution in [0, 0.1) is 11.3 Å². The molecule has 0 amide bonds. The molecule has 7 heteroatoms. The van der Waals surface area contributed by atoms with Gasteiger partial charge in [0.25, 0.3) is 0 Å². The molecule has 0 aliphatic heterocycles. The second-order valence-electron chi connectivity index (χ2n) is 4.44. The molecule has 1 rings (SSSR count). The highest BCUT2D eigenvalue weighted by atomic mass is 32.2. The van der Waals surface area contributed by atoms with Gasteiger partial charge in [0.2, 0.25) is 0 Å². The SMILES string of the molecule is CCC(N)CS(=O)CCS(=O)(=O)c1cccc(C#N)c1. The highest BCUT2D eigenvalue weighted by Crippen LogP contribution is 2.13. The summed E-state index contributed by atoms with van der Waals surface area (Å²) < 4.78 is 35.9. The van der Waals surface area contributed by atoms with E-state index in [1.165, 1.54) is 24.3 Å². The Morgan fingerprint density at radius 3 is 2.75 bits per heavy atom. The molecule has 0 heterocycles. The average Bonchev–Trinajstić information content (AvgIpc) is 2.45. The second-order valence-corrected chi connectivity index (χ2v) is 8.17. The van der Waals surface area contributed by atoms with Gasteiger partial charge >= 0.3 is 0 Å². The molecule has 0 aliphatic carbocycles. The Bertz CT molecular complexity index is 621. The van der Waals surface area contributed by atoms with Crippen molar-refractivity contribution in [3.8, 4) is 6.07 Å². The molecule has 0 saturated carbocycles. The van der Waals surface area contributed by atoms with Crippen molar-refractivity contribution in [3.05, 3.63) is 29.8 Å². The lowest BCUT2D eigenvalue weighted by molar-refractivity contribution is 0.596. The molecule has 0 bridgehead atoms. The number of benzene rings is 1. The molecule has 0 fully saturated rings. The van der Waals surface area contributed by atoms with Crippen LogP contribution in [0.2, 0.25) is 0 Å². The Labute approximate surface area is 122 Å². The van der Waals surface area contributed by atoms with Gasteiger partial charge in [-0.05, 0) is 24.6 Å². The van der Waals surface area contributed by atoms with Crippen molar-refractivity contribution in [3.63, 3.8) is 0 Å². The standard InChI is InChI=1S/C13H18N2O3S2/c1-2-12(15)10-19(16)6-7-20(17,18)13-5-3-4-11(8-13)9-14/h3-5,8,12H,2,6-7,10,15H2,1H3. The lowest BCUT2D eigenvalue weighted by atomic mass is 10.2. The fourth-order valence-corrected chi connectivity index (χ4v) is 4.85. The Kier molecular flexibility index (Phi) is 6.33. The number of hydrogen-bond acceptors (Lipinski definition) is 5. The van der Waals surface area contributed by atoms with E-state index in [9.17, 15) is 12.6 Å². The molecule has 0 saturated heterocycles. The van der Waals surface area contributed by atoms with Gasteiger partial charge in [0, 0.05) is 28.3 Å². The average molecular weight is 314 g/mol. The number of hydrogen-bond donors (Lipinski definition) is 1. The molecule has 0 aromatic heterocycles. The van der Waals surface area contributed by atoms with Crippen LogP contribution in [0.4, 0.5) is 0 Å². The molecule has 0 aliphatic rings. The molecule has 110 valence electrons. The summed E-state index contributed by atoms with van der Waals surface area (Å²) in [6.07, 6.45) is 0.711. The van der Waals surface area contributed by atoms with Crippen LogP contribution >= 0.6 is 0 Å². The maximum Gasteiger partial charge on any atom is 0.179 e. The summed E-state index contributed by atoms with van der Waals surface area (Å²) in [5, 5.41) is 8.76. The van der Waals surface area contributed by atoms with Gasteiger partial charge in [-0.25, -0.2) is 8.42 Å². The van der Waals surface area contributed by atoms with Crippen molar-refractivity contribution in [2.24, 2.45) is 5.73 Å². The lowest BCUT2D eigenvalue weighted by Gasteiger charge is -2.09. The first-order valence-corrected chi connectivity index (χ1v) is 9.36. The van der Waals surface area contributed by atoms with Crippen LogP contribution in [0.1, 0.15) is 18.9 Å². The van der Waals surface area contributed by atoms with Crippen molar-refractivity contribution in [1.29, 1.82) is 5.26 Å². The molecule has 20 heavy (non-hydrogen) atoms. The number of nitrogens with two attached hydrogens (primary N) is 1. The Morgan fingerprint density at radius 2 is 2.15 bits per heavy atom. The van der Waals surface area contributed by atoms with Crippen molar-refractivity contribution < 1.29 is 12.6 Å². The molecular weight excluding hydrogens is 296 g/mol. The van der Waals surface area contributed by atoms with E-state index in [0.717, 1.165) is 0 Å². The number of nitrogens with zero attached hydrogens (tertiary/aromatic N) is 1. The summed E-state index contributed by atoms with van der Waals surface area (Å²) in [7, 11) is -4.76. The van der Waals surface area contributed by atoms with Crippen molar-refractivity contribution in [1.82, 2.24) is 0 Å². The van der Waals surface area contributed by atoms with Crippen LogP contribution in [-0.2, 0) is 20.6 Å². The minimum atomic E-state index is -3.52. The minimum Gasteiger partial charge on any atom is -0.327 e. The first kappa shape index (κ1) is 16.8. The zero-order valence-electron chi connectivity index (χ0n) is 11.3. The van der Waals surface area contributed by atoms with Gasteiger partial charge in [-0.2, -0.15) is 5.26 Å². The maximum absolute atomic E-state index is 12.1. The monoisotopic (exact) mass is 314 g/mol. The van der Waals surface area contributed by atoms with Gasteiger partial charge in [0.15, 0.2) is 9.84 Å². The van der Waals surface area contributed by atoms with Crippen molar-refractivity contribution in [2.75, 3.05) is 17.3 Å². The Morgan fingerprint density at radius 1 is 1.45 bits per heavy atom.